The van der Waals surface area contributed by atoms with Gasteiger partial charge < -0.3 is 9.47 Å². The van der Waals surface area contributed by atoms with Crippen LogP contribution in [0.2, 0.25) is 0 Å². The van der Waals surface area contributed by atoms with Gasteiger partial charge in [-0.25, -0.2) is 0 Å². The standard InChI is InChI=1S/C19H22O3/c1-15(20)17-10-11-19(18(13-17)9-6-12-21-2)22-14-16-7-4-3-5-8-16/h3-5,7-8,10-11,13H,6,9,12,14H2,1-2H3. The molecule has 0 spiro atoms. The van der Waals surface area contributed by atoms with Gasteiger partial charge in [-0.1, -0.05) is 30.3 Å². The van der Waals surface area contributed by atoms with Gasteiger partial charge in [-0.15, -0.1) is 0 Å². The van der Waals surface area contributed by atoms with Gasteiger partial charge in [-0.2, -0.15) is 0 Å². The fraction of sp³-hybridized carbons (Fsp3) is 0.316. The summed E-state index contributed by atoms with van der Waals surface area (Å²) >= 11 is 0. The Hall–Kier alpha value is -2.13. The van der Waals surface area contributed by atoms with Crippen LogP contribution in [0.4, 0.5) is 0 Å². The number of Topliss-reactive ketones (excluding diaryl/α,β-unsaturated/α-hetero) is 1. The predicted molar refractivity (Wildman–Crippen MR) is 87.4 cm³/mol. The number of ketones is 1. The molecular weight excluding hydrogens is 276 g/mol. The van der Waals surface area contributed by atoms with E-state index >= 15 is 0 Å². The molecule has 2 aromatic rings. The highest BCUT2D eigenvalue weighted by Gasteiger charge is 2.08. The van der Waals surface area contributed by atoms with Gasteiger partial charge in [-0.05, 0) is 49.1 Å². The van der Waals surface area contributed by atoms with E-state index in [4.69, 9.17) is 9.47 Å². The number of hydrogen-bond donors (Lipinski definition) is 0. The van der Waals surface area contributed by atoms with Gasteiger partial charge >= 0.3 is 0 Å². The fourth-order valence-electron chi connectivity index (χ4n) is 2.28. The summed E-state index contributed by atoms with van der Waals surface area (Å²) in [6.07, 6.45) is 1.73. The van der Waals surface area contributed by atoms with Crippen molar-refractivity contribution in [1.29, 1.82) is 0 Å². The van der Waals surface area contributed by atoms with Crippen LogP contribution in [0.15, 0.2) is 48.5 Å². The number of aryl methyl sites for hydroxylation is 1. The Balaban J connectivity index is 2.12. The highest BCUT2D eigenvalue weighted by Crippen LogP contribution is 2.23. The van der Waals surface area contributed by atoms with Crippen LogP contribution in [-0.4, -0.2) is 19.5 Å². The molecule has 0 aromatic heterocycles. The number of hydrogen-bond acceptors (Lipinski definition) is 3. The summed E-state index contributed by atoms with van der Waals surface area (Å²) < 4.78 is 11.0. The Morgan fingerprint density at radius 2 is 1.86 bits per heavy atom. The molecule has 0 aliphatic heterocycles. The van der Waals surface area contributed by atoms with Crippen LogP contribution in [0.5, 0.6) is 5.75 Å². The number of ether oxygens (including phenoxy) is 2. The SMILES string of the molecule is COCCCc1cc(C(C)=O)ccc1OCc1ccccc1. The minimum atomic E-state index is 0.0719. The molecule has 0 aliphatic rings. The van der Waals surface area contributed by atoms with Crippen molar-refractivity contribution in [3.8, 4) is 5.75 Å². The first-order chi connectivity index (χ1) is 10.7. The molecule has 0 N–H and O–H groups in total. The first-order valence-corrected chi connectivity index (χ1v) is 7.50. The summed E-state index contributed by atoms with van der Waals surface area (Å²) in [6, 6.07) is 15.7. The number of methoxy groups -OCH3 is 1. The van der Waals surface area contributed by atoms with Gasteiger partial charge in [0.2, 0.25) is 0 Å². The van der Waals surface area contributed by atoms with Crippen molar-refractivity contribution >= 4 is 5.78 Å². The van der Waals surface area contributed by atoms with E-state index in [9.17, 15) is 4.79 Å². The van der Waals surface area contributed by atoms with E-state index in [1.807, 2.05) is 48.5 Å². The number of rotatable bonds is 8. The van der Waals surface area contributed by atoms with Crippen molar-refractivity contribution < 1.29 is 14.3 Å². The fourth-order valence-corrected chi connectivity index (χ4v) is 2.28. The van der Waals surface area contributed by atoms with Crippen molar-refractivity contribution in [1.82, 2.24) is 0 Å². The zero-order valence-electron chi connectivity index (χ0n) is 13.2. The van der Waals surface area contributed by atoms with Crippen LogP contribution >= 0.6 is 0 Å². The lowest BCUT2D eigenvalue weighted by atomic mass is 10.0. The molecule has 2 aromatic carbocycles. The lowest BCUT2D eigenvalue weighted by Gasteiger charge is -2.13. The number of carbonyl (C=O) groups excluding carboxylic acids is 1. The van der Waals surface area contributed by atoms with Gasteiger partial charge in [0.25, 0.3) is 0 Å². The van der Waals surface area contributed by atoms with Crippen LogP contribution in [0.3, 0.4) is 0 Å². The van der Waals surface area contributed by atoms with Gasteiger partial charge in [-0.3, -0.25) is 4.79 Å². The first-order valence-electron chi connectivity index (χ1n) is 7.50. The van der Waals surface area contributed by atoms with Crippen LogP contribution in [0.25, 0.3) is 0 Å². The molecule has 2 rings (SSSR count). The maximum Gasteiger partial charge on any atom is 0.159 e. The molecule has 0 saturated heterocycles. The molecule has 0 amide bonds. The van der Waals surface area contributed by atoms with Crippen molar-refractivity contribution in [2.45, 2.75) is 26.4 Å². The molecule has 0 radical (unpaired) electrons. The third kappa shape index (κ3) is 4.71. The second kappa shape index (κ2) is 8.35. The number of benzene rings is 2. The lowest BCUT2D eigenvalue weighted by molar-refractivity contribution is 0.101. The molecule has 3 heteroatoms. The van der Waals surface area contributed by atoms with Crippen LogP contribution < -0.4 is 4.74 Å². The molecule has 3 nitrogen and oxygen atoms in total. The molecule has 0 fully saturated rings. The maximum atomic E-state index is 11.6. The average Bonchev–Trinajstić information content (AvgIpc) is 2.54. The van der Waals surface area contributed by atoms with Crippen molar-refractivity contribution in [2.24, 2.45) is 0 Å². The van der Waals surface area contributed by atoms with Gasteiger partial charge in [0, 0.05) is 19.3 Å². The zero-order valence-corrected chi connectivity index (χ0v) is 13.2. The molecule has 116 valence electrons. The Morgan fingerprint density at radius 1 is 1.09 bits per heavy atom. The normalized spacial score (nSPS) is 10.5. The monoisotopic (exact) mass is 298 g/mol. The Bertz CT molecular complexity index is 605. The average molecular weight is 298 g/mol. The van der Waals surface area contributed by atoms with Crippen molar-refractivity contribution in [3.05, 3.63) is 65.2 Å². The summed E-state index contributed by atoms with van der Waals surface area (Å²) in [4.78, 5) is 11.6. The molecule has 22 heavy (non-hydrogen) atoms. The molecule has 0 atom stereocenters. The molecule has 0 heterocycles. The summed E-state index contributed by atoms with van der Waals surface area (Å²) in [5.74, 6) is 0.910. The summed E-state index contributed by atoms with van der Waals surface area (Å²) in [5, 5.41) is 0. The van der Waals surface area contributed by atoms with E-state index in [1.54, 1.807) is 14.0 Å². The van der Waals surface area contributed by atoms with E-state index in [0.717, 1.165) is 35.3 Å². The third-order valence-corrected chi connectivity index (χ3v) is 3.50. The zero-order chi connectivity index (χ0) is 15.8. The Morgan fingerprint density at radius 3 is 2.55 bits per heavy atom. The van der Waals surface area contributed by atoms with Crippen LogP contribution in [0.1, 0.15) is 34.8 Å². The Kier molecular flexibility index (Phi) is 6.16. The third-order valence-electron chi connectivity index (χ3n) is 3.50. The minimum absolute atomic E-state index is 0.0719. The lowest BCUT2D eigenvalue weighted by Crippen LogP contribution is -2.02. The van der Waals surface area contributed by atoms with E-state index in [2.05, 4.69) is 0 Å². The van der Waals surface area contributed by atoms with Gasteiger partial charge in [0.05, 0.1) is 0 Å². The van der Waals surface area contributed by atoms with Crippen molar-refractivity contribution in [3.63, 3.8) is 0 Å². The second-order valence-electron chi connectivity index (χ2n) is 5.25. The smallest absolute Gasteiger partial charge is 0.159 e. The van der Waals surface area contributed by atoms with E-state index < -0.39 is 0 Å². The van der Waals surface area contributed by atoms with E-state index in [-0.39, 0.29) is 5.78 Å². The Labute approximate surface area is 131 Å². The van der Waals surface area contributed by atoms with E-state index in [0.29, 0.717) is 13.2 Å². The van der Waals surface area contributed by atoms with E-state index in [1.165, 1.54) is 0 Å². The molecule has 0 bridgehead atoms. The first kappa shape index (κ1) is 16.2. The predicted octanol–water partition coefficient (Wildman–Crippen LogP) is 4.05. The van der Waals surface area contributed by atoms with Gasteiger partial charge in [0.15, 0.2) is 5.78 Å². The molecule has 0 unspecified atom stereocenters. The minimum Gasteiger partial charge on any atom is -0.489 e. The summed E-state index contributed by atoms with van der Waals surface area (Å²) in [7, 11) is 1.69. The van der Waals surface area contributed by atoms with Crippen LogP contribution in [-0.2, 0) is 17.8 Å². The molecule has 0 aliphatic carbocycles. The highest BCUT2D eigenvalue weighted by molar-refractivity contribution is 5.94. The van der Waals surface area contributed by atoms with Crippen LogP contribution in [0, 0.1) is 0 Å². The van der Waals surface area contributed by atoms with Gasteiger partial charge in [0.1, 0.15) is 12.4 Å². The highest BCUT2D eigenvalue weighted by atomic mass is 16.5. The number of carbonyl (C=O) groups is 1. The maximum absolute atomic E-state index is 11.6. The van der Waals surface area contributed by atoms with Crippen molar-refractivity contribution in [2.75, 3.05) is 13.7 Å². The quantitative estimate of drug-likeness (QED) is 0.545. The molecule has 0 saturated carbocycles. The summed E-state index contributed by atoms with van der Waals surface area (Å²) in [5.41, 5.74) is 2.90. The second-order valence-corrected chi connectivity index (χ2v) is 5.25. The topological polar surface area (TPSA) is 35.5 Å². The summed E-state index contributed by atoms with van der Waals surface area (Å²) in [6.45, 7) is 2.80. The largest absolute Gasteiger partial charge is 0.489 e. The molecular formula is C19H22O3.